The molecule has 5 heteroatoms. The van der Waals surface area contributed by atoms with Crippen LogP contribution in [0, 0.1) is 0 Å². The summed E-state index contributed by atoms with van der Waals surface area (Å²) in [6.45, 7) is 0.535. The maximum absolute atomic E-state index is 12.6. The highest BCUT2D eigenvalue weighted by Gasteiger charge is 2.10. The van der Waals surface area contributed by atoms with Crippen LogP contribution in [0.5, 0.6) is 0 Å². The van der Waals surface area contributed by atoms with Gasteiger partial charge in [0.2, 0.25) is 0 Å². The maximum Gasteiger partial charge on any atom is 0.319 e. The third-order valence-electron chi connectivity index (χ3n) is 3.00. The van der Waals surface area contributed by atoms with Gasteiger partial charge in [0.1, 0.15) is 5.82 Å². The summed E-state index contributed by atoms with van der Waals surface area (Å²) in [6, 6.07) is 8.26. The zero-order valence-electron chi connectivity index (χ0n) is 10.8. The van der Waals surface area contributed by atoms with Crippen molar-refractivity contribution in [1.82, 2.24) is 14.9 Å². The van der Waals surface area contributed by atoms with Gasteiger partial charge in [-0.3, -0.25) is 4.57 Å². The molecule has 2 rings (SSSR count). The molecule has 1 heterocycles. The molecule has 0 atom stereocenters. The molecule has 3 nitrogen and oxygen atoms in total. The molecule has 0 saturated heterocycles. The summed E-state index contributed by atoms with van der Waals surface area (Å²) >= 11 is 0. The number of imidazole rings is 1. The van der Waals surface area contributed by atoms with E-state index in [4.69, 9.17) is 0 Å². The van der Waals surface area contributed by atoms with Crippen LogP contribution in [0.3, 0.4) is 0 Å². The van der Waals surface area contributed by atoms with Crippen LogP contribution in [0.15, 0.2) is 36.7 Å². The fourth-order valence-electron chi connectivity index (χ4n) is 1.87. The molecule has 0 aliphatic heterocycles. The van der Waals surface area contributed by atoms with Crippen molar-refractivity contribution in [3.05, 3.63) is 53.6 Å². The second kappa shape index (κ2) is 6.43. The first-order chi connectivity index (χ1) is 9.20. The lowest BCUT2D eigenvalue weighted by Crippen LogP contribution is -2.17. The van der Waals surface area contributed by atoms with E-state index in [1.54, 1.807) is 0 Å². The van der Waals surface area contributed by atoms with Gasteiger partial charge in [-0.05, 0) is 17.5 Å². The van der Waals surface area contributed by atoms with Crippen molar-refractivity contribution in [2.24, 2.45) is 0 Å². The molecule has 19 heavy (non-hydrogen) atoms. The second-order valence-corrected chi connectivity index (χ2v) is 4.30. The minimum Gasteiger partial charge on any atom is -0.306 e. The summed E-state index contributed by atoms with van der Waals surface area (Å²) in [5.74, 6) is 0.347. The molecule has 102 valence electrons. The summed E-state index contributed by atoms with van der Waals surface area (Å²) in [6.07, 6.45) is 3.69. The fourth-order valence-corrected chi connectivity index (χ4v) is 1.87. The van der Waals surface area contributed by atoms with Gasteiger partial charge in [-0.15, -0.1) is 0 Å². The lowest BCUT2D eigenvalue weighted by atomic mass is 10.1. The largest absolute Gasteiger partial charge is 0.319 e. The number of rotatable bonds is 6. The zero-order valence-corrected chi connectivity index (χ0v) is 10.8. The van der Waals surface area contributed by atoms with Crippen molar-refractivity contribution in [1.29, 1.82) is 0 Å². The van der Waals surface area contributed by atoms with Crippen molar-refractivity contribution in [2.75, 3.05) is 0 Å². The van der Waals surface area contributed by atoms with Crippen LogP contribution in [-0.2, 0) is 19.5 Å². The van der Waals surface area contributed by atoms with E-state index >= 15 is 0 Å². The Labute approximate surface area is 111 Å². The Bertz CT molecular complexity index is 506. The first-order valence-electron chi connectivity index (χ1n) is 6.29. The second-order valence-electron chi connectivity index (χ2n) is 4.30. The van der Waals surface area contributed by atoms with E-state index in [0.29, 0.717) is 18.9 Å². The number of aromatic nitrogens is 2. The first kappa shape index (κ1) is 13.7. The Morgan fingerprint density at radius 3 is 2.47 bits per heavy atom. The Morgan fingerprint density at radius 1 is 1.16 bits per heavy atom. The van der Waals surface area contributed by atoms with E-state index in [0.717, 1.165) is 16.6 Å². The molecule has 1 aromatic carbocycles. The van der Waals surface area contributed by atoms with Crippen LogP contribution in [0.4, 0.5) is 8.78 Å². The molecule has 1 N–H and O–H groups in total. The Hall–Kier alpha value is -1.75. The van der Waals surface area contributed by atoms with Crippen LogP contribution in [-0.4, -0.2) is 9.55 Å². The number of nitrogens with zero attached hydrogens (tertiary/aromatic N) is 2. The molecule has 0 bridgehead atoms. The third kappa shape index (κ3) is 3.61. The number of hydrogen-bond acceptors (Lipinski definition) is 2. The fraction of sp³-hybridized carbons (Fsp3) is 0.357. The smallest absolute Gasteiger partial charge is 0.306 e. The van der Waals surface area contributed by atoms with Crippen LogP contribution in [0.25, 0.3) is 0 Å². The summed E-state index contributed by atoms with van der Waals surface area (Å²) in [7, 11) is 0. The van der Waals surface area contributed by atoms with Crippen molar-refractivity contribution in [2.45, 2.75) is 33.0 Å². The minimum atomic E-state index is -2.54. The molecule has 0 saturated carbocycles. The Kier molecular flexibility index (Phi) is 4.63. The normalized spacial score (nSPS) is 11.2. The van der Waals surface area contributed by atoms with Gasteiger partial charge in [-0.2, -0.15) is 8.78 Å². The molecule has 0 amide bonds. The zero-order chi connectivity index (χ0) is 13.7. The summed E-state index contributed by atoms with van der Waals surface area (Å²) in [5, 5.41) is 3.12. The predicted octanol–water partition coefficient (Wildman–Crippen LogP) is 3.13. The average molecular weight is 265 g/mol. The van der Waals surface area contributed by atoms with E-state index in [2.05, 4.69) is 29.4 Å². The van der Waals surface area contributed by atoms with Crippen molar-refractivity contribution < 1.29 is 8.78 Å². The Balaban J connectivity index is 1.87. The highest BCUT2D eigenvalue weighted by atomic mass is 19.3. The van der Waals surface area contributed by atoms with Gasteiger partial charge < -0.3 is 5.32 Å². The van der Waals surface area contributed by atoms with E-state index in [9.17, 15) is 8.78 Å². The highest BCUT2D eigenvalue weighted by Crippen LogP contribution is 2.12. The van der Waals surface area contributed by atoms with Gasteiger partial charge in [-0.1, -0.05) is 31.2 Å². The number of nitrogens with one attached hydrogen (secondary N) is 1. The highest BCUT2D eigenvalue weighted by molar-refractivity contribution is 5.22. The molecule has 2 aromatic rings. The molecule has 0 spiro atoms. The Morgan fingerprint density at radius 2 is 1.84 bits per heavy atom. The molecule has 0 unspecified atom stereocenters. The lowest BCUT2D eigenvalue weighted by Gasteiger charge is -2.08. The number of hydrogen-bond donors (Lipinski definition) is 1. The molecular weight excluding hydrogens is 248 g/mol. The van der Waals surface area contributed by atoms with Crippen LogP contribution >= 0.6 is 0 Å². The molecular formula is C14H17F2N3. The molecule has 0 radical (unpaired) electrons. The molecule has 0 aliphatic carbocycles. The van der Waals surface area contributed by atoms with Gasteiger partial charge in [0, 0.05) is 18.9 Å². The van der Waals surface area contributed by atoms with Gasteiger partial charge in [0.15, 0.2) is 0 Å². The summed E-state index contributed by atoms with van der Waals surface area (Å²) in [4.78, 5) is 3.92. The van der Waals surface area contributed by atoms with Crippen molar-refractivity contribution in [3.63, 3.8) is 0 Å². The average Bonchev–Trinajstić information content (AvgIpc) is 2.88. The SMILES string of the molecule is CCc1ccc(CNCc2nccn2C(F)F)cc1. The monoisotopic (exact) mass is 265 g/mol. The number of benzene rings is 1. The van der Waals surface area contributed by atoms with E-state index in [1.807, 2.05) is 12.1 Å². The van der Waals surface area contributed by atoms with Crippen molar-refractivity contribution in [3.8, 4) is 0 Å². The van der Waals surface area contributed by atoms with Gasteiger partial charge >= 0.3 is 6.55 Å². The number of alkyl halides is 2. The van der Waals surface area contributed by atoms with Crippen molar-refractivity contribution >= 4 is 0 Å². The first-order valence-corrected chi connectivity index (χ1v) is 6.29. The number of aryl methyl sites for hydroxylation is 1. The van der Waals surface area contributed by atoms with Gasteiger partial charge in [0.25, 0.3) is 0 Å². The van der Waals surface area contributed by atoms with Gasteiger partial charge in [0.05, 0.1) is 6.54 Å². The number of halogens is 2. The third-order valence-corrected chi connectivity index (χ3v) is 3.00. The van der Waals surface area contributed by atoms with Crippen LogP contribution < -0.4 is 5.32 Å². The van der Waals surface area contributed by atoms with E-state index < -0.39 is 6.55 Å². The molecule has 0 aliphatic rings. The topological polar surface area (TPSA) is 29.9 Å². The summed E-state index contributed by atoms with van der Waals surface area (Å²) in [5.41, 5.74) is 2.42. The van der Waals surface area contributed by atoms with Gasteiger partial charge in [-0.25, -0.2) is 4.98 Å². The molecule has 1 aromatic heterocycles. The standard InChI is InChI=1S/C14H17F2N3/c1-2-11-3-5-12(6-4-11)9-17-10-13-18-7-8-19(13)14(15)16/h3-8,14,17H,2,9-10H2,1H3. The van der Waals surface area contributed by atoms with Crippen LogP contribution in [0.2, 0.25) is 0 Å². The minimum absolute atomic E-state index is 0.326. The summed E-state index contributed by atoms with van der Waals surface area (Å²) < 4.78 is 26.0. The van der Waals surface area contributed by atoms with E-state index in [-0.39, 0.29) is 0 Å². The quantitative estimate of drug-likeness (QED) is 0.869. The predicted molar refractivity (Wildman–Crippen MR) is 69.8 cm³/mol. The lowest BCUT2D eigenvalue weighted by molar-refractivity contribution is 0.0666. The van der Waals surface area contributed by atoms with E-state index in [1.165, 1.54) is 18.0 Å². The maximum atomic E-state index is 12.6. The molecule has 0 fully saturated rings. The van der Waals surface area contributed by atoms with Crippen LogP contribution in [0.1, 0.15) is 30.4 Å².